The van der Waals surface area contributed by atoms with Crippen molar-refractivity contribution in [1.29, 1.82) is 0 Å². The Labute approximate surface area is 172 Å². The Bertz CT molecular complexity index is 754. The van der Waals surface area contributed by atoms with Crippen LogP contribution < -0.4 is 10.1 Å². The van der Waals surface area contributed by atoms with Crippen LogP contribution in [0.3, 0.4) is 0 Å². The third-order valence-corrected chi connectivity index (χ3v) is 4.87. The smallest absolute Gasteiger partial charge is 0.217 e. The topological polar surface area (TPSA) is 99.0 Å². The van der Waals surface area contributed by atoms with Crippen LogP contribution in [0.2, 0.25) is 0 Å². The second-order valence-electron chi connectivity index (χ2n) is 7.42. The predicted octanol–water partition coefficient (Wildman–Crippen LogP) is 3.10. The van der Waals surface area contributed by atoms with Gasteiger partial charge in [-0.2, -0.15) is 0 Å². The van der Waals surface area contributed by atoms with E-state index in [1.807, 2.05) is 12.1 Å². The number of hydrogen-bond acceptors (Lipinski definition) is 5. The van der Waals surface area contributed by atoms with Gasteiger partial charge in [-0.1, -0.05) is 37.6 Å². The number of unbranched alkanes of at least 4 members (excludes halogenated alkanes) is 1. The Hall–Kier alpha value is -2.41. The molecule has 0 radical (unpaired) electrons. The third kappa shape index (κ3) is 6.85. The minimum atomic E-state index is -1.28. The second-order valence-corrected chi connectivity index (χ2v) is 7.42. The van der Waals surface area contributed by atoms with Crippen molar-refractivity contribution in [1.82, 2.24) is 5.32 Å². The first-order valence-corrected chi connectivity index (χ1v) is 9.96. The largest absolute Gasteiger partial charge is 0.457 e. The lowest BCUT2D eigenvalue weighted by molar-refractivity contribution is -0.122. The molecule has 0 fully saturated rings. The summed E-state index contributed by atoms with van der Waals surface area (Å²) in [5.41, 5.74) is 0.608. The van der Waals surface area contributed by atoms with Gasteiger partial charge in [0.05, 0.1) is 24.9 Å². The summed E-state index contributed by atoms with van der Waals surface area (Å²) in [5, 5.41) is 32.2. The van der Waals surface area contributed by atoms with Crippen LogP contribution in [0.4, 0.5) is 0 Å². The van der Waals surface area contributed by atoms with Crippen LogP contribution in [0.25, 0.3) is 0 Å². The molecule has 0 spiro atoms. The molecule has 4 N–H and O–H groups in total. The molecule has 0 aromatic heterocycles. The van der Waals surface area contributed by atoms with Crippen molar-refractivity contribution >= 4 is 5.91 Å². The monoisotopic (exact) mass is 401 g/mol. The van der Waals surface area contributed by atoms with Gasteiger partial charge in [-0.15, -0.1) is 0 Å². The Morgan fingerprint density at radius 1 is 1.03 bits per heavy atom. The number of aliphatic hydroxyl groups excluding tert-OH is 3. The molecule has 0 aliphatic carbocycles. The molecule has 158 valence electrons. The number of benzene rings is 2. The second kappa shape index (κ2) is 11.0. The highest BCUT2D eigenvalue weighted by Crippen LogP contribution is 2.28. The Morgan fingerprint density at radius 2 is 1.59 bits per heavy atom. The van der Waals surface area contributed by atoms with Crippen molar-refractivity contribution in [3.63, 3.8) is 0 Å². The minimum Gasteiger partial charge on any atom is -0.457 e. The maximum atomic E-state index is 11.4. The average Bonchev–Trinajstić information content (AvgIpc) is 2.72. The molecule has 0 saturated heterocycles. The zero-order chi connectivity index (χ0) is 21.3. The van der Waals surface area contributed by atoms with Crippen molar-refractivity contribution in [3.05, 3.63) is 59.7 Å². The van der Waals surface area contributed by atoms with E-state index in [1.165, 1.54) is 25.3 Å². The molecule has 1 amide bonds. The molecule has 0 aliphatic heterocycles. The van der Waals surface area contributed by atoms with Crippen LogP contribution in [-0.2, 0) is 11.2 Å². The van der Waals surface area contributed by atoms with Gasteiger partial charge < -0.3 is 25.4 Å². The Kier molecular flexibility index (Phi) is 8.64. The minimum absolute atomic E-state index is 0.0149. The highest BCUT2D eigenvalue weighted by atomic mass is 16.5. The van der Waals surface area contributed by atoms with Crippen LogP contribution in [0.15, 0.2) is 48.5 Å². The fraction of sp³-hybridized carbons (Fsp3) is 0.435. The number of carbonyl (C=O) groups is 1. The number of aryl methyl sites for hydroxylation is 1. The molecular weight excluding hydrogens is 370 g/mol. The van der Waals surface area contributed by atoms with Gasteiger partial charge in [-0.3, -0.25) is 4.79 Å². The maximum Gasteiger partial charge on any atom is 0.217 e. The Morgan fingerprint density at radius 3 is 2.07 bits per heavy atom. The van der Waals surface area contributed by atoms with E-state index in [2.05, 4.69) is 24.4 Å². The van der Waals surface area contributed by atoms with Crippen LogP contribution in [0, 0.1) is 0 Å². The van der Waals surface area contributed by atoms with Crippen LogP contribution >= 0.6 is 0 Å². The standard InChI is InChI=1S/C23H31NO5/c1-3-4-5-18-6-10-20(11-7-18)29-21-12-8-19(9-13-21)22(28)14-23(15-25,16-26)24-17(2)27/h6-13,22,25-26,28H,3-5,14-16H2,1-2H3,(H,24,27). The first kappa shape index (κ1) is 22.9. The summed E-state index contributed by atoms with van der Waals surface area (Å²) >= 11 is 0. The summed E-state index contributed by atoms with van der Waals surface area (Å²) in [6.45, 7) is 2.52. The molecule has 1 atom stereocenters. The van der Waals surface area contributed by atoms with Crippen LogP contribution in [0.1, 0.15) is 50.3 Å². The molecular formula is C23H31NO5. The van der Waals surface area contributed by atoms with Crippen LogP contribution in [-0.4, -0.2) is 40.0 Å². The van der Waals surface area contributed by atoms with Gasteiger partial charge >= 0.3 is 0 Å². The highest BCUT2D eigenvalue weighted by molar-refractivity contribution is 5.73. The quantitative estimate of drug-likeness (QED) is 0.464. The van der Waals surface area contributed by atoms with Crippen molar-refractivity contribution in [3.8, 4) is 11.5 Å². The van der Waals surface area contributed by atoms with E-state index in [1.54, 1.807) is 24.3 Å². The van der Waals surface area contributed by atoms with E-state index >= 15 is 0 Å². The van der Waals surface area contributed by atoms with Crippen LogP contribution in [0.5, 0.6) is 11.5 Å². The van der Waals surface area contributed by atoms with Gasteiger partial charge in [-0.05, 0) is 48.2 Å². The number of nitrogens with one attached hydrogen (secondary N) is 1. The lowest BCUT2D eigenvalue weighted by atomic mass is 9.90. The summed E-state index contributed by atoms with van der Waals surface area (Å²) in [6.07, 6.45) is 2.41. The van der Waals surface area contributed by atoms with E-state index < -0.39 is 24.9 Å². The number of ether oxygens (including phenoxy) is 1. The van der Waals surface area contributed by atoms with E-state index in [0.717, 1.165) is 12.2 Å². The van der Waals surface area contributed by atoms with Gasteiger partial charge in [-0.25, -0.2) is 0 Å². The zero-order valence-electron chi connectivity index (χ0n) is 17.1. The normalized spacial score (nSPS) is 12.4. The van der Waals surface area contributed by atoms with Crippen molar-refractivity contribution in [2.45, 2.75) is 51.2 Å². The molecule has 0 aliphatic rings. The van der Waals surface area contributed by atoms with Crippen molar-refractivity contribution in [2.75, 3.05) is 13.2 Å². The molecule has 1 unspecified atom stereocenters. The van der Waals surface area contributed by atoms with E-state index in [4.69, 9.17) is 4.74 Å². The number of carbonyl (C=O) groups excluding carboxylic acids is 1. The first-order chi connectivity index (χ1) is 13.9. The molecule has 0 bridgehead atoms. The predicted molar refractivity (Wildman–Crippen MR) is 112 cm³/mol. The molecule has 6 nitrogen and oxygen atoms in total. The molecule has 2 rings (SSSR count). The number of rotatable bonds is 11. The SMILES string of the molecule is CCCCc1ccc(Oc2ccc(C(O)CC(CO)(CO)NC(C)=O)cc2)cc1. The van der Waals surface area contributed by atoms with E-state index in [-0.39, 0.29) is 12.3 Å². The molecule has 29 heavy (non-hydrogen) atoms. The number of hydrogen-bond donors (Lipinski definition) is 4. The molecule has 2 aromatic rings. The summed E-state index contributed by atoms with van der Waals surface area (Å²) in [4.78, 5) is 11.4. The average molecular weight is 402 g/mol. The Balaban J connectivity index is 2.00. The number of aliphatic hydroxyl groups is 3. The van der Waals surface area contributed by atoms with E-state index in [0.29, 0.717) is 11.3 Å². The third-order valence-electron chi connectivity index (χ3n) is 4.87. The number of amides is 1. The van der Waals surface area contributed by atoms with E-state index in [9.17, 15) is 20.1 Å². The maximum absolute atomic E-state index is 11.4. The molecule has 0 saturated carbocycles. The lowest BCUT2D eigenvalue weighted by Gasteiger charge is -2.32. The molecule has 0 heterocycles. The van der Waals surface area contributed by atoms with Gasteiger partial charge in [0.25, 0.3) is 0 Å². The summed E-state index contributed by atoms with van der Waals surface area (Å²) in [5.74, 6) is 0.994. The fourth-order valence-corrected chi connectivity index (χ4v) is 3.17. The lowest BCUT2D eigenvalue weighted by Crippen LogP contribution is -2.54. The molecule has 6 heteroatoms. The van der Waals surface area contributed by atoms with Crippen molar-refractivity contribution < 1.29 is 24.9 Å². The van der Waals surface area contributed by atoms with Crippen molar-refractivity contribution in [2.24, 2.45) is 0 Å². The van der Waals surface area contributed by atoms with Gasteiger partial charge in [0, 0.05) is 13.3 Å². The first-order valence-electron chi connectivity index (χ1n) is 9.96. The molecule has 2 aromatic carbocycles. The highest BCUT2D eigenvalue weighted by Gasteiger charge is 2.33. The summed E-state index contributed by atoms with van der Waals surface area (Å²) < 4.78 is 5.85. The van der Waals surface area contributed by atoms with Gasteiger partial charge in [0.15, 0.2) is 0 Å². The fourth-order valence-electron chi connectivity index (χ4n) is 3.17. The summed E-state index contributed by atoms with van der Waals surface area (Å²) in [6, 6.07) is 15.0. The zero-order valence-corrected chi connectivity index (χ0v) is 17.1. The van der Waals surface area contributed by atoms with Gasteiger partial charge in [0.2, 0.25) is 5.91 Å². The van der Waals surface area contributed by atoms with Gasteiger partial charge in [0.1, 0.15) is 11.5 Å². The summed E-state index contributed by atoms with van der Waals surface area (Å²) in [7, 11) is 0.